The van der Waals surface area contributed by atoms with Crippen molar-refractivity contribution in [1.29, 1.82) is 0 Å². The van der Waals surface area contributed by atoms with Crippen LogP contribution in [-0.2, 0) is 0 Å². The molecule has 1 N–H and O–H groups in total. The Balaban J connectivity index is 2.11. The second-order valence-corrected chi connectivity index (χ2v) is 3.11. The summed E-state index contributed by atoms with van der Waals surface area (Å²) in [7, 11) is 0. The normalized spacial score (nSPS) is 23.6. The van der Waals surface area contributed by atoms with E-state index in [4.69, 9.17) is 5.11 Å². The summed E-state index contributed by atoms with van der Waals surface area (Å²) in [5, 5.41) is 8.94. The third-order valence-corrected chi connectivity index (χ3v) is 1.83. The van der Waals surface area contributed by atoms with Crippen molar-refractivity contribution < 1.29 is 5.11 Å². The highest BCUT2D eigenvalue weighted by Crippen LogP contribution is 2.34. The maximum atomic E-state index is 8.94. The highest BCUT2D eigenvalue weighted by molar-refractivity contribution is 5.07. The quantitative estimate of drug-likeness (QED) is 0.558. The van der Waals surface area contributed by atoms with Crippen LogP contribution in [-0.4, -0.2) is 11.2 Å². The maximum Gasteiger partial charge on any atom is 0.0515 e. The maximum absolute atomic E-state index is 8.94. The van der Waals surface area contributed by atoms with E-state index in [1.807, 2.05) is 6.92 Å². The van der Waals surface area contributed by atoms with E-state index >= 15 is 0 Å². The molecule has 0 aromatic heterocycles. The average molecular weight is 126 g/mol. The molecule has 0 aliphatic heterocycles. The van der Waals surface area contributed by atoms with Gasteiger partial charge in [-0.2, -0.15) is 0 Å². The SMILES string of the molecule is C=C1CC(CC(C)O)C1. The monoisotopic (exact) mass is 126 g/mol. The van der Waals surface area contributed by atoms with Gasteiger partial charge in [-0.3, -0.25) is 0 Å². The molecule has 0 bridgehead atoms. The van der Waals surface area contributed by atoms with Gasteiger partial charge in [-0.1, -0.05) is 12.2 Å². The van der Waals surface area contributed by atoms with Gasteiger partial charge in [0.25, 0.3) is 0 Å². The fourth-order valence-electron chi connectivity index (χ4n) is 1.41. The summed E-state index contributed by atoms with van der Waals surface area (Å²) in [5.41, 5.74) is 1.35. The van der Waals surface area contributed by atoms with E-state index in [9.17, 15) is 0 Å². The van der Waals surface area contributed by atoms with E-state index in [1.54, 1.807) is 0 Å². The number of hydrogen-bond donors (Lipinski definition) is 1. The molecule has 0 aromatic carbocycles. The molecule has 0 heterocycles. The number of aliphatic hydroxyl groups is 1. The lowest BCUT2D eigenvalue weighted by atomic mass is 9.78. The van der Waals surface area contributed by atoms with Crippen molar-refractivity contribution >= 4 is 0 Å². The van der Waals surface area contributed by atoms with E-state index in [-0.39, 0.29) is 6.10 Å². The van der Waals surface area contributed by atoms with Crippen molar-refractivity contribution in [1.82, 2.24) is 0 Å². The standard InChI is InChI=1S/C8H14O/c1-6-3-8(4-6)5-7(2)9/h7-9H,1,3-5H2,2H3. The fraction of sp³-hybridized carbons (Fsp3) is 0.750. The zero-order chi connectivity index (χ0) is 6.85. The smallest absolute Gasteiger partial charge is 0.0515 e. The molecule has 52 valence electrons. The lowest BCUT2D eigenvalue weighted by molar-refractivity contribution is 0.149. The van der Waals surface area contributed by atoms with Crippen molar-refractivity contribution in [2.45, 2.75) is 32.3 Å². The van der Waals surface area contributed by atoms with Crippen LogP contribution in [0.15, 0.2) is 12.2 Å². The number of rotatable bonds is 2. The van der Waals surface area contributed by atoms with Crippen LogP contribution >= 0.6 is 0 Å². The van der Waals surface area contributed by atoms with Crippen LogP contribution in [0.25, 0.3) is 0 Å². The third kappa shape index (κ3) is 1.83. The van der Waals surface area contributed by atoms with E-state index in [2.05, 4.69) is 6.58 Å². The Bertz CT molecular complexity index is 108. The van der Waals surface area contributed by atoms with E-state index in [0.29, 0.717) is 0 Å². The molecule has 1 aliphatic rings. The molecule has 1 rings (SSSR count). The molecular formula is C8H14O. The minimum atomic E-state index is -0.122. The van der Waals surface area contributed by atoms with Crippen molar-refractivity contribution in [2.24, 2.45) is 5.92 Å². The molecule has 1 saturated carbocycles. The van der Waals surface area contributed by atoms with Crippen molar-refractivity contribution in [2.75, 3.05) is 0 Å². The van der Waals surface area contributed by atoms with Crippen LogP contribution in [0.1, 0.15) is 26.2 Å². The molecule has 1 fully saturated rings. The van der Waals surface area contributed by atoms with Crippen LogP contribution in [0.5, 0.6) is 0 Å². The van der Waals surface area contributed by atoms with Gasteiger partial charge in [0.15, 0.2) is 0 Å². The molecule has 1 unspecified atom stereocenters. The Morgan fingerprint density at radius 3 is 2.67 bits per heavy atom. The lowest BCUT2D eigenvalue weighted by Gasteiger charge is -2.29. The molecule has 1 nitrogen and oxygen atoms in total. The minimum Gasteiger partial charge on any atom is -0.393 e. The van der Waals surface area contributed by atoms with Gasteiger partial charge in [-0.15, -0.1) is 0 Å². The zero-order valence-corrected chi connectivity index (χ0v) is 5.93. The average Bonchev–Trinajstić information content (AvgIpc) is 1.60. The minimum absolute atomic E-state index is 0.122. The van der Waals surface area contributed by atoms with Gasteiger partial charge in [0.2, 0.25) is 0 Å². The van der Waals surface area contributed by atoms with Crippen LogP contribution in [0.4, 0.5) is 0 Å². The van der Waals surface area contributed by atoms with Gasteiger partial charge in [-0.05, 0) is 32.1 Å². The lowest BCUT2D eigenvalue weighted by Crippen LogP contribution is -2.18. The van der Waals surface area contributed by atoms with Crippen LogP contribution < -0.4 is 0 Å². The van der Waals surface area contributed by atoms with Crippen molar-refractivity contribution in [3.05, 3.63) is 12.2 Å². The molecule has 0 aromatic rings. The summed E-state index contributed by atoms with van der Waals surface area (Å²) in [6, 6.07) is 0. The first kappa shape index (κ1) is 6.81. The summed E-state index contributed by atoms with van der Waals surface area (Å²) in [4.78, 5) is 0. The molecule has 1 aliphatic carbocycles. The van der Waals surface area contributed by atoms with Crippen LogP contribution in [0.3, 0.4) is 0 Å². The molecule has 0 saturated heterocycles. The zero-order valence-electron chi connectivity index (χ0n) is 5.93. The Labute approximate surface area is 56.4 Å². The summed E-state index contributed by atoms with van der Waals surface area (Å²) in [6.07, 6.45) is 3.12. The first-order chi connectivity index (χ1) is 4.18. The summed E-state index contributed by atoms with van der Waals surface area (Å²) in [6.45, 7) is 5.68. The van der Waals surface area contributed by atoms with E-state index < -0.39 is 0 Å². The van der Waals surface area contributed by atoms with E-state index in [0.717, 1.165) is 25.2 Å². The van der Waals surface area contributed by atoms with Crippen LogP contribution in [0.2, 0.25) is 0 Å². The summed E-state index contributed by atoms with van der Waals surface area (Å²) < 4.78 is 0. The van der Waals surface area contributed by atoms with Gasteiger partial charge in [-0.25, -0.2) is 0 Å². The van der Waals surface area contributed by atoms with Crippen LogP contribution in [0, 0.1) is 5.92 Å². The Morgan fingerprint density at radius 2 is 2.33 bits per heavy atom. The highest BCUT2D eigenvalue weighted by atomic mass is 16.3. The van der Waals surface area contributed by atoms with Gasteiger partial charge >= 0.3 is 0 Å². The molecule has 0 radical (unpaired) electrons. The topological polar surface area (TPSA) is 20.2 Å². The highest BCUT2D eigenvalue weighted by Gasteiger charge is 2.22. The molecule has 1 atom stereocenters. The summed E-state index contributed by atoms with van der Waals surface area (Å²) >= 11 is 0. The Hall–Kier alpha value is -0.300. The largest absolute Gasteiger partial charge is 0.393 e. The fourth-order valence-corrected chi connectivity index (χ4v) is 1.41. The summed E-state index contributed by atoms with van der Waals surface area (Å²) in [5.74, 6) is 0.734. The predicted molar refractivity (Wildman–Crippen MR) is 38.2 cm³/mol. The predicted octanol–water partition coefficient (Wildman–Crippen LogP) is 1.72. The second kappa shape index (κ2) is 2.53. The Kier molecular flexibility index (Phi) is 1.91. The van der Waals surface area contributed by atoms with Gasteiger partial charge in [0.1, 0.15) is 0 Å². The molecule has 1 heteroatoms. The van der Waals surface area contributed by atoms with Crippen molar-refractivity contribution in [3.8, 4) is 0 Å². The first-order valence-corrected chi connectivity index (χ1v) is 3.53. The van der Waals surface area contributed by atoms with Crippen molar-refractivity contribution in [3.63, 3.8) is 0 Å². The molecule has 9 heavy (non-hydrogen) atoms. The molecular weight excluding hydrogens is 112 g/mol. The second-order valence-electron chi connectivity index (χ2n) is 3.11. The number of allylic oxidation sites excluding steroid dienone is 1. The van der Waals surface area contributed by atoms with Gasteiger partial charge < -0.3 is 5.11 Å². The third-order valence-electron chi connectivity index (χ3n) is 1.83. The molecule has 0 spiro atoms. The number of aliphatic hydroxyl groups excluding tert-OH is 1. The first-order valence-electron chi connectivity index (χ1n) is 3.53. The number of hydrogen-bond acceptors (Lipinski definition) is 1. The Morgan fingerprint density at radius 1 is 1.78 bits per heavy atom. The van der Waals surface area contributed by atoms with Gasteiger partial charge in [0.05, 0.1) is 6.10 Å². The van der Waals surface area contributed by atoms with E-state index in [1.165, 1.54) is 5.57 Å². The van der Waals surface area contributed by atoms with Gasteiger partial charge in [0, 0.05) is 0 Å². The molecule has 0 amide bonds.